The monoisotopic (exact) mass is 802 g/mol. The highest BCUT2D eigenvalue weighted by atomic mass is 35.5. The van der Waals surface area contributed by atoms with Crippen LogP contribution in [0.15, 0.2) is 85.7 Å². The lowest BCUT2D eigenvalue weighted by Crippen LogP contribution is -2.35. The largest absolute Gasteiger partial charge is 0.384 e. The fourth-order valence-electron chi connectivity index (χ4n) is 5.46. The summed E-state index contributed by atoms with van der Waals surface area (Å²) >= 11 is 8.79. The van der Waals surface area contributed by atoms with Crippen molar-refractivity contribution in [2.24, 2.45) is 0 Å². The van der Waals surface area contributed by atoms with Gasteiger partial charge in [-0.25, -0.2) is 19.9 Å². The number of halogens is 1. The van der Waals surface area contributed by atoms with Crippen molar-refractivity contribution >= 4 is 51.0 Å². The van der Waals surface area contributed by atoms with Crippen molar-refractivity contribution in [3.63, 3.8) is 0 Å². The molecule has 0 spiro atoms. The third-order valence-corrected chi connectivity index (χ3v) is 10.4. The normalized spacial score (nSPS) is 14.2. The van der Waals surface area contributed by atoms with E-state index in [2.05, 4.69) is 63.2 Å². The van der Waals surface area contributed by atoms with Crippen LogP contribution in [0.2, 0.25) is 4.47 Å². The number of anilines is 3. The Morgan fingerprint density at radius 2 is 1.18 bits per heavy atom. The quantitative estimate of drug-likeness (QED) is 0.153. The molecule has 6 aromatic rings. The minimum absolute atomic E-state index is 0. The van der Waals surface area contributed by atoms with Crippen LogP contribution < -0.4 is 11.1 Å². The summed E-state index contributed by atoms with van der Waals surface area (Å²) in [7, 11) is 0. The van der Waals surface area contributed by atoms with E-state index in [1.54, 1.807) is 23.7 Å². The van der Waals surface area contributed by atoms with Crippen LogP contribution in [-0.2, 0) is 22.6 Å². The van der Waals surface area contributed by atoms with Crippen molar-refractivity contribution < 1.29 is 9.47 Å². The number of morpholine rings is 2. The molecular formula is C40H51ClN10O2S2. The van der Waals surface area contributed by atoms with E-state index in [0.717, 1.165) is 109 Å². The molecule has 0 unspecified atom stereocenters. The summed E-state index contributed by atoms with van der Waals surface area (Å²) in [6.45, 7) is 13.1. The van der Waals surface area contributed by atoms with Crippen molar-refractivity contribution in [2.75, 3.05) is 63.7 Å². The average molecular weight is 804 g/mol. The molecule has 2 saturated heterocycles. The Bertz CT molecular complexity index is 2000. The molecular weight excluding hydrogens is 752 g/mol. The maximum Gasteiger partial charge on any atom is 0.188 e. The SMILES string of the molecule is C.C.Cc1ccc(-c2cnc(Cl)s2)cn1.Cc1ccc(-c2cnc(Nc3cc(CN4CCOCC4)ccn3)s2)cn1.Nc1cc(CN2CCOCC2)ccn1. The minimum atomic E-state index is 0. The average Bonchev–Trinajstić information content (AvgIpc) is 3.83. The van der Waals surface area contributed by atoms with Crippen LogP contribution in [-0.4, -0.2) is 92.3 Å². The number of thiazole rings is 2. The molecule has 0 atom stereocenters. The van der Waals surface area contributed by atoms with Gasteiger partial charge in [0.1, 0.15) is 11.6 Å². The summed E-state index contributed by atoms with van der Waals surface area (Å²) in [4.78, 5) is 32.3. The van der Waals surface area contributed by atoms with Gasteiger partial charge in [0.15, 0.2) is 9.60 Å². The van der Waals surface area contributed by atoms with E-state index in [1.165, 1.54) is 22.5 Å². The number of hydrogen-bond donors (Lipinski definition) is 2. The zero-order valence-corrected chi connectivity index (χ0v) is 32.2. The lowest BCUT2D eigenvalue weighted by Gasteiger charge is -2.26. The number of nitrogen functional groups attached to an aromatic ring is 1. The van der Waals surface area contributed by atoms with Gasteiger partial charge in [-0.15, -0.1) is 11.3 Å². The Hall–Kier alpha value is -4.41. The summed E-state index contributed by atoms with van der Waals surface area (Å²) in [5.41, 5.74) is 12.2. The number of aryl methyl sites for hydroxylation is 2. The Kier molecular flexibility index (Phi) is 17.5. The number of ether oxygens (including phenoxy) is 2. The molecule has 55 heavy (non-hydrogen) atoms. The summed E-state index contributed by atoms with van der Waals surface area (Å²) in [6.07, 6.45) is 10.9. The van der Waals surface area contributed by atoms with Crippen molar-refractivity contribution in [3.8, 4) is 20.9 Å². The third-order valence-electron chi connectivity index (χ3n) is 8.30. The second-order valence-electron chi connectivity index (χ2n) is 12.4. The first-order valence-corrected chi connectivity index (χ1v) is 19.3. The number of nitrogens with one attached hydrogen (secondary N) is 1. The van der Waals surface area contributed by atoms with Gasteiger partial charge in [-0.3, -0.25) is 19.8 Å². The predicted molar refractivity (Wildman–Crippen MR) is 227 cm³/mol. The van der Waals surface area contributed by atoms with Gasteiger partial charge >= 0.3 is 0 Å². The molecule has 15 heteroatoms. The van der Waals surface area contributed by atoms with E-state index in [1.807, 2.05) is 69.0 Å². The molecule has 0 aliphatic carbocycles. The number of pyridine rings is 4. The highest BCUT2D eigenvalue weighted by Crippen LogP contribution is 2.30. The van der Waals surface area contributed by atoms with E-state index in [9.17, 15) is 0 Å². The molecule has 2 aliphatic heterocycles. The van der Waals surface area contributed by atoms with Crippen molar-refractivity contribution in [2.45, 2.75) is 41.8 Å². The Morgan fingerprint density at radius 3 is 1.69 bits per heavy atom. The van der Waals surface area contributed by atoms with E-state index < -0.39 is 0 Å². The number of rotatable bonds is 8. The lowest BCUT2D eigenvalue weighted by molar-refractivity contribution is 0.0341. The van der Waals surface area contributed by atoms with E-state index in [4.69, 9.17) is 26.8 Å². The van der Waals surface area contributed by atoms with Gasteiger partial charge in [0.2, 0.25) is 0 Å². The summed E-state index contributed by atoms with van der Waals surface area (Å²) in [5, 5.41) is 4.15. The van der Waals surface area contributed by atoms with Crippen molar-refractivity contribution in [1.29, 1.82) is 0 Å². The maximum atomic E-state index is 5.73. The Morgan fingerprint density at radius 1 is 0.655 bits per heavy atom. The molecule has 2 aliphatic rings. The van der Waals surface area contributed by atoms with Crippen LogP contribution in [0.3, 0.4) is 0 Å². The van der Waals surface area contributed by atoms with Gasteiger partial charge in [-0.1, -0.05) is 49.9 Å². The second-order valence-corrected chi connectivity index (χ2v) is 15.1. The predicted octanol–water partition coefficient (Wildman–Crippen LogP) is 8.42. The van der Waals surface area contributed by atoms with Crippen LogP contribution in [0.5, 0.6) is 0 Å². The molecule has 0 radical (unpaired) electrons. The highest BCUT2D eigenvalue weighted by molar-refractivity contribution is 7.19. The van der Waals surface area contributed by atoms with Crippen molar-refractivity contribution in [3.05, 3.63) is 113 Å². The number of nitrogens with zero attached hydrogens (tertiary/aromatic N) is 8. The Labute approximate surface area is 337 Å². The molecule has 0 bridgehead atoms. The molecule has 292 valence electrons. The van der Waals surface area contributed by atoms with Gasteiger partial charge in [0.25, 0.3) is 0 Å². The first kappa shape index (κ1) is 43.3. The standard InChI is InChI=1S/C19H21N5OS.C10H15N3O.C9H7ClN2S.2CH4/c1-14-2-3-16(11-21-14)17-12-22-19(26-17)23-18-10-15(4-5-20-18)13-24-6-8-25-9-7-24;11-10-7-9(1-2-12-10)8-13-3-5-14-6-4-13;1-6-2-3-7(4-11-6)8-5-12-9(10)13-8;;/h2-5,10-12H,6-9,13H2,1H3,(H,20,22,23);1-2,7H,3-6,8H2,(H2,11,12);2-5H,1H3;2*1H4. The first-order valence-electron chi connectivity index (χ1n) is 17.3. The fraction of sp³-hybridized carbons (Fsp3) is 0.350. The molecule has 3 N–H and O–H groups in total. The van der Waals surface area contributed by atoms with Gasteiger partial charge in [0, 0.05) is 99.0 Å². The first-order chi connectivity index (χ1) is 25.9. The van der Waals surface area contributed by atoms with Gasteiger partial charge < -0.3 is 20.5 Å². The summed E-state index contributed by atoms with van der Waals surface area (Å²) in [6, 6.07) is 16.2. The summed E-state index contributed by atoms with van der Waals surface area (Å²) in [5.74, 6) is 1.41. The number of aromatic nitrogens is 6. The third kappa shape index (κ3) is 14.0. The molecule has 8 heterocycles. The van der Waals surface area contributed by atoms with E-state index in [-0.39, 0.29) is 14.9 Å². The Balaban J connectivity index is 0.000000197. The van der Waals surface area contributed by atoms with Gasteiger partial charge in [0.05, 0.1) is 36.2 Å². The van der Waals surface area contributed by atoms with Crippen LogP contribution in [0, 0.1) is 13.8 Å². The second kappa shape index (κ2) is 22.2. The molecule has 12 nitrogen and oxygen atoms in total. The van der Waals surface area contributed by atoms with E-state index >= 15 is 0 Å². The molecule has 6 aromatic heterocycles. The van der Waals surface area contributed by atoms with E-state index in [0.29, 0.717) is 10.3 Å². The topological polar surface area (TPSA) is 140 Å². The van der Waals surface area contributed by atoms with Gasteiger partial charge in [-0.05, 0) is 61.4 Å². The van der Waals surface area contributed by atoms with Crippen LogP contribution in [0.25, 0.3) is 20.9 Å². The van der Waals surface area contributed by atoms with Crippen molar-refractivity contribution in [1.82, 2.24) is 39.7 Å². The van der Waals surface area contributed by atoms with Crippen LogP contribution in [0.1, 0.15) is 37.4 Å². The lowest BCUT2D eigenvalue weighted by atomic mass is 10.2. The molecule has 0 saturated carbocycles. The fourth-order valence-corrected chi connectivity index (χ4v) is 7.20. The highest BCUT2D eigenvalue weighted by Gasteiger charge is 2.13. The number of hydrogen-bond acceptors (Lipinski definition) is 14. The molecule has 0 aromatic carbocycles. The zero-order chi connectivity index (χ0) is 36.8. The number of nitrogens with two attached hydrogens (primary N) is 1. The van der Waals surface area contributed by atoms with Gasteiger partial charge in [-0.2, -0.15) is 0 Å². The smallest absolute Gasteiger partial charge is 0.188 e. The molecule has 8 rings (SSSR count). The van der Waals surface area contributed by atoms with Crippen LogP contribution >= 0.6 is 34.3 Å². The molecule has 2 fully saturated rings. The minimum Gasteiger partial charge on any atom is -0.384 e. The molecule has 0 amide bonds. The zero-order valence-electron chi connectivity index (χ0n) is 29.8. The van der Waals surface area contributed by atoms with Crippen LogP contribution in [0.4, 0.5) is 16.8 Å². The summed E-state index contributed by atoms with van der Waals surface area (Å²) < 4.78 is 11.3. The maximum absolute atomic E-state index is 5.73.